The molecule has 0 spiro atoms. The molecule has 1 N–H and O–H groups in total. The Morgan fingerprint density at radius 2 is 1.96 bits per heavy atom. The molecule has 7 heteroatoms. The molecule has 1 aromatic carbocycles. The van der Waals surface area contributed by atoms with Gasteiger partial charge < -0.3 is 14.6 Å². The van der Waals surface area contributed by atoms with Crippen LogP contribution in [0, 0.1) is 6.92 Å². The summed E-state index contributed by atoms with van der Waals surface area (Å²) in [5.41, 5.74) is 1.44. The van der Waals surface area contributed by atoms with Crippen LogP contribution in [0.25, 0.3) is 0 Å². The van der Waals surface area contributed by atoms with E-state index in [2.05, 4.69) is 4.98 Å². The van der Waals surface area contributed by atoms with Crippen LogP contribution in [-0.4, -0.2) is 39.9 Å². The zero-order chi connectivity index (χ0) is 19.8. The van der Waals surface area contributed by atoms with Crippen molar-refractivity contribution in [1.82, 2.24) is 9.55 Å². The van der Waals surface area contributed by atoms with Crippen LogP contribution in [0.15, 0.2) is 35.1 Å². The number of rotatable bonds is 9. The highest BCUT2D eigenvalue weighted by Crippen LogP contribution is 2.14. The summed E-state index contributed by atoms with van der Waals surface area (Å²) in [6.07, 6.45) is -0.317. The van der Waals surface area contributed by atoms with Gasteiger partial charge >= 0.3 is 5.97 Å². The van der Waals surface area contributed by atoms with Gasteiger partial charge in [0.25, 0.3) is 5.56 Å². The van der Waals surface area contributed by atoms with Gasteiger partial charge in [-0.2, -0.15) is 0 Å². The number of esters is 1. The summed E-state index contributed by atoms with van der Waals surface area (Å²) in [4.78, 5) is 28.0. The van der Waals surface area contributed by atoms with E-state index in [0.717, 1.165) is 17.1 Å². The van der Waals surface area contributed by atoms with Crippen molar-refractivity contribution in [3.63, 3.8) is 0 Å². The molecule has 1 aromatic heterocycles. The lowest BCUT2D eigenvalue weighted by atomic mass is 10.1. The van der Waals surface area contributed by atoms with E-state index in [1.807, 2.05) is 13.8 Å². The predicted molar refractivity (Wildman–Crippen MR) is 101 cm³/mol. The number of hydrogen-bond acceptors (Lipinski definition) is 6. The van der Waals surface area contributed by atoms with Crippen LogP contribution in [-0.2, 0) is 28.9 Å². The van der Waals surface area contributed by atoms with Crippen LogP contribution in [0.4, 0.5) is 0 Å². The van der Waals surface area contributed by atoms with E-state index in [4.69, 9.17) is 9.47 Å². The van der Waals surface area contributed by atoms with Crippen molar-refractivity contribution in [1.29, 1.82) is 0 Å². The molecule has 27 heavy (non-hydrogen) atoms. The number of carbonyl (C=O) groups is 1. The van der Waals surface area contributed by atoms with E-state index in [-0.39, 0.29) is 18.6 Å². The molecule has 146 valence electrons. The molecule has 2 rings (SSSR count). The standard InChI is InChI=1S/C20H26N2O5/c1-4-18-21-14(3)12-19(24)22(18)10-11-27-16-8-6-15(7-9-16)13-17(23)20(25)26-5-2/h6-9,12,17,23H,4-5,10-11,13H2,1-3H3/t17-/m0/s1. The molecule has 0 aliphatic rings. The Bertz CT molecular complexity index is 814. The first-order valence-electron chi connectivity index (χ1n) is 9.08. The molecule has 0 fully saturated rings. The minimum atomic E-state index is -1.18. The molecule has 0 amide bonds. The molecule has 0 unspecified atom stereocenters. The highest BCUT2D eigenvalue weighted by Gasteiger charge is 2.16. The second-order valence-electron chi connectivity index (χ2n) is 6.12. The molecule has 0 saturated carbocycles. The van der Waals surface area contributed by atoms with E-state index in [1.165, 1.54) is 6.07 Å². The first kappa shape index (κ1) is 20.6. The van der Waals surface area contributed by atoms with E-state index < -0.39 is 12.1 Å². The minimum absolute atomic E-state index is 0.0775. The SMILES string of the molecule is CCOC(=O)[C@@H](O)Cc1ccc(OCCn2c(CC)nc(C)cc2=O)cc1. The fourth-order valence-electron chi connectivity index (χ4n) is 2.71. The lowest BCUT2D eigenvalue weighted by Crippen LogP contribution is -2.27. The van der Waals surface area contributed by atoms with Gasteiger partial charge in [-0.05, 0) is 31.5 Å². The highest BCUT2D eigenvalue weighted by atomic mass is 16.5. The van der Waals surface area contributed by atoms with Crippen molar-refractivity contribution in [2.24, 2.45) is 0 Å². The molecule has 0 aliphatic heterocycles. The van der Waals surface area contributed by atoms with Gasteiger partial charge in [-0.3, -0.25) is 9.36 Å². The van der Waals surface area contributed by atoms with Crippen LogP contribution >= 0.6 is 0 Å². The second-order valence-corrected chi connectivity index (χ2v) is 6.12. The van der Waals surface area contributed by atoms with Crippen molar-refractivity contribution >= 4 is 5.97 Å². The number of benzene rings is 1. The first-order valence-corrected chi connectivity index (χ1v) is 9.08. The largest absolute Gasteiger partial charge is 0.492 e. The summed E-state index contributed by atoms with van der Waals surface area (Å²) in [5, 5.41) is 9.79. The van der Waals surface area contributed by atoms with E-state index in [0.29, 0.717) is 25.3 Å². The molecule has 7 nitrogen and oxygen atoms in total. The van der Waals surface area contributed by atoms with Crippen molar-refractivity contribution < 1.29 is 19.4 Å². The van der Waals surface area contributed by atoms with Gasteiger partial charge in [0.05, 0.1) is 13.2 Å². The van der Waals surface area contributed by atoms with E-state index in [1.54, 1.807) is 35.8 Å². The van der Waals surface area contributed by atoms with Crippen molar-refractivity contribution in [3.8, 4) is 5.75 Å². The maximum atomic E-state index is 12.1. The second kappa shape index (κ2) is 9.87. The Labute approximate surface area is 158 Å². The molecule has 1 atom stereocenters. The van der Waals surface area contributed by atoms with Gasteiger partial charge in [-0.15, -0.1) is 0 Å². The summed E-state index contributed by atoms with van der Waals surface area (Å²) in [7, 11) is 0. The number of aliphatic hydroxyl groups is 1. The van der Waals surface area contributed by atoms with Gasteiger partial charge in [0.15, 0.2) is 6.10 Å². The topological polar surface area (TPSA) is 90.7 Å². The maximum Gasteiger partial charge on any atom is 0.335 e. The van der Waals surface area contributed by atoms with Crippen molar-refractivity contribution in [3.05, 3.63) is 57.8 Å². The zero-order valence-corrected chi connectivity index (χ0v) is 16.0. The lowest BCUT2D eigenvalue weighted by Gasteiger charge is -2.13. The van der Waals surface area contributed by atoms with Crippen LogP contribution in [0.5, 0.6) is 5.75 Å². The van der Waals surface area contributed by atoms with Gasteiger partial charge in [0.1, 0.15) is 18.2 Å². The quantitative estimate of drug-likeness (QED) is 0.672. The molecule has 0 aliphatic carbocycles. The highest BCUT2D eigenvalue weighted by molar-refractivity contribution is 5.74. The molecular weight excluding hydrogens is 348 g/mol. The van der Waals surface area contributed by atoms with Crippen LogP contribution in [0.2, 0.25) is 0 Å². The third-order valence-corrected chi connectivity index (χ3v) is 4.03. The van der Waals surface area contributed by atoms with Crippen LogP contribution in [0.3, 0.4) is 0 Å². The van der Waals surface area contributed by atoms with Crippen LogP contribution < -0.4 is 10.3 Å². The van der Waals surface area contributed by atoms with Crippen molar-refractivity contribution in [2.45, 2.75) is 46.3 Å². The van der Waals surface area contributed by atoms with Gasteiger partial charge in [0.2, 0.25) is 0 Å². The number of carbonyl (C=O) groups excluding carboxylic acids is 1. The van der Waals surface area contributed by atoms with Crippen molar-refractivity contribution in [2.75, 3.05) is 13.2 Å². The zero-order valence-electron chi connectivity index (χ0n) is 16.0. The molecule has 0 bridgehead atoms. The smallest absolute Gasteiger partial charge is 0.335 e. The summed E-state index contributed by atoms with van der Waals surface area (Å²) in [6, 6.07) is 8.63. The average Bonchev–Trinajstić information content (AvgIpc) is 2.64. The summed E-state index contributed by atoms with van der Waals surface area (Å²) in [5.74, 6) is 0.768. The Balaban J connectivity index is 1.91. The molecular formula is C20H26N2O5. The lowest BCUT2D eigenvalue weighted by molar-refractivity contribution is -0.152. The molecule has 2 aromatic rings. The summed E-state index contributed by atoms with van der Waals surface area (Å²) in [6.45, 7) is 6.45. The Kier molecular flexibility index (Phi) is 7.55. The molecule has 0 radical (unpaired) electrons. The fraction of sp³-hybridized carbons (Fsp3) is 0.450. The van der Waals surface area contributed by atoms with E-state index in [9.17, 15) is 14.7 Å². The summed E-state index contributed by atoms with van der Waals surface area (Å²) < 4.78 is 12.1. The number of aliphatic hydroxyl groups excluding tert-OH is 1. The Morgan fingerprint density at radius 1 is 1.26 bits per heavy atom. The number of nitrogens with zero attached hydrogens (tertiary/aromatic N) is 2. The normalized spacial score (nSPS) is 11.9. The fourth-order valence-corrected chi connectivity index (χ4v) is 2.71. The average molecular weight is 374 g/mol. The number of aromatic nitrogens is 2. The third-order valence-electron chi connectivity index (χ3n) is 4.03. The number of ether oxygens (including phenoxy) is 2. The summed E-state index contributed by atoms with van der Waals surface area (Å²) >= 11 is 0. The van der Waals surface area contributed by atoms with E-state index >= 15 is 0 Å². The van der Waals surface area contributed by atoms with Crippen LogP contribution in [0.1, 0.15) is 30.9 Å². The first-order chi connectivity index (χ1) is 12.9. The minimum Gasteiger partial charge on any atom is -0.492 e. The molecule has 0 saturated heterocycles. The number of aryl methyl sites for hydroxylation is 2. The monoisotopic (exact) mass is 374 g/mol. The van der Waals surface area contributed by atoms with Gasteiger partial charge in [-0.25, -0.2) is 9.78 Å². The Hall–Kier alpha value is -2.67. The van der Waals surface area contributed by atoms with Gasteiger partial charge in [0, 0.05) is 24.6 Å². The predicted octanol–water partition coefficient (Wildman–Crippen LogP) is 1.66. The van der Waals surface area contributed by atoms with Gasteiger partial charge in [-0.1, -0.05) is 19.1 Å². The number of hydrogen-bond donors (Lipinski definition) is 1. The molecule has 1 heterocycles. The maximum absolute atomic E-state index is 12.1. The third kappa shape index (κ3) is 5.92. The Morgan fingerprint density at radius 3 is 2.59 bits per heavy atom.